The van der Waals surface area contributed by atoms with E-state index < -0.39 is 5.91 Å². The number of rotatable bonds is 3. The molecule has 0 spiro atoms. The van der Waals surface area contributed by atoms with Crippen molar-refractivity contribution in [2.75, 3.05) is 0 Å². The molecule has 136 valence electrons. The highest BCUT2D eigenvalue weighted by Gasteiger charge is 2.16. The number of carbonyl (C=O) groups is 1. The predicted molar refractivity (Wildman–Crippen MR) is 103 cm³/mol. The summed E-state index contributed by atoms with van der Waals surface area (Å²) in [6.07, 6.45) is 2.88. The smallest absolute Gasteiger partial charge is 0.288 e. The van der Waals surface area contributed by atoms with E-state index in [1.807, 2.05) is 6.07 Å². The minimum atomic E-state index is -0.448. The van der Waals surface area contributed by atoms with Gasteiger partial charge in [0.25, 0.3) is 11.5 Å². The second-order valence-corrected chi connectivity index (χ2v) is 6.05. The van der Waals surface area contributed by atoms with Crippen molar-refractivity contribution in [3.8, 4) is 6.07 Å². The van der Waals surface area contributed by atoms with Crippen LogP contribution in [0.5, 0.6) is 0 Å². The Balaban J connectivity index is 1.82. The highest BCUT2D eigenvalue weighted by molar-refractivity contribution is 5.92. The zero-order valence-corrected chi connectivity index (χ0v) is 14.8. The van der Waals surface area contributed by atoms with Gasteiger partial charge in [0.2, 0.25) is 0 Å². The molecule has 0 aliphatic rings. The minimum absolute atomic E-state index is 0.233. The molecule has 8 nitrogen and oxygen atoms in total. The maximum atomic E-state index is 13.1. The normalized spacial score (nSPS) is 11.5. The fourth-order valence-electron chi connectivity index (χ4n) is 3.02. The number of nitrogens with zero attached hydrogens (tertiary/aromatic N) is 4. The minimum Gasteiger partial charge on any atom is -0.305 e. The van der Waals surface area contributed by atoms with E-state index in [0.29, 0.717) is 27.8 Å². The molecule has 0 aliphatic heterocycles. The summed E-state index contributed by atoms with van der Waals surface area (Å²) >= 11 is 0. The quantitative estimate of drug-likeness (QED) is 0.516. The topological polar surface area (TPSA) is 112 Å². The third kappa shape index (κ3) is 2.71. The SMILES string of the molecule is Cc1c(C#N)c2nc3ccccc3n2c(=O)c1=CNNC(=O)c1ccccn1. The van der Waals surface area contributed by atoms with E-state index >= 15 is 0 Å². The standard InChI is InChI=1S/C20H14N6O2/c1-12-13(10-21)18-24-15-6-2-3-8-17(15)26(18)20(28)14(12)11-23-25-19(27)16-7-4-5-9-22-16/h2-9,11,23H,1H3,(H,25,27). The highest BCUT2D eigenvalue weighted by atomic mass is 16.2. The van der Waals surface area contributed by atoms with Gasteiger partial charge in [0.05, 0.1) is 21.8 Å². The van der Waals surface area contributed by atoms with E-state index in [2.05, 4.69) is 26.9 Å². The lowest BCUT2D eigenvalue weighted by molar-refractivity contribution is 0.0938. The number of pyridine rings is 2. The largest absolute Gasteiger partial charge is 0.305 e. The molecule has 4 rings (SSSR count). The average molecular weight is 370 g/mol. The van der Waals surface area contributed by atoms with Crippen molar-refractivity contribution in [1.29, 1.82) is 5.26 Å². The van der Waals surface area contributed by atoms with Gasteiger partial charge in [0.1, 0.15) is 11.8 Å². The van der Waals surface area contributed by atoms with Crippen molar-refractivity contribution < 1.29 is 4.79 Å². The summed E-state index contributed by atoms with van der Waals surface area (Å²) in [5.74, 6) is -0.448. The van der Waals surface area contributed by atoms with Crippen LogP contribution in [0.15, 0.2) is 53.5 Å². The molecular formula is C20H14N6O2. The highest BCUT2D eigenvalue weighted by Crippen LogP contribution is 2.17. The van der Waals surface area contributed by atoms with Crippen molar-refractivity contribution in [1.82, 2.24) is 25.2 Å². The van der Waals surface area contributed by atoms with Crippen LogP contribution < -0.4 is 21.6 Å². The lowest BCUT2D eigenvalue weighted by Crippen LogP contribution is -2.40. The fourth-order valence-corrected chi connectivity index (χ4v) is 3.02. The van der Waals surface area contributed by atoms with Gasteiger partial charge >= 0.3 is 0 Å². The molecule has 3 heterocycles. The Morgan fingerprint density at radius 2 is 2.00 bits per heavy atom. The van der Waals surface area contributed by atoms with Gasteiger partial charge in [-0.25, -0.2) is 4.98 Å². The van der Waals surface area contributed by atoms with E-state index in [1.165, 1.54) is 16.8 Å². The van der Waals surface area contributed by atoms with E-state index in [9.17, 15) is 14.9 Å². The number of benzene rings is 1. The number of nitriles is 1. The van der Waals surface area contributed by atoms with Crippen LogP contribution in [0.4, 0.5) is 0 Å². The first-order chi connectivity index (χ1) is 13.6. The molecule has 3 aromatic heterocycles. The van der Waals surface area contributed by atoms with Crippen LogP contribution in [0.1, 0.15) is 21.6 Å². The van der Waals surface area contributed by atoms with Crippen molar-refractivity contribution >= 4 is 28.8 Å². The maximum absolute atomic E-state index is 13.1. The van der Waals surface area contributed by atoms with Gasteiger partial charge in [-0.3, -0.25) is 24.4 Å². The number of nitrogens with one attached hydrogen (secondary N) is 2. The second-order valence-electron chi connectivity index (χ2n) is 6.05. The Hall–Kier alpha value is -4.25. The van der Waals surface area contributed by atoms with Crippen molar-refractivity contribution in [2.45, 2.75) is 6.92 Å². The van der Waals surface area contributed by atoms with Crippen LogP contribution >= 0.6 is 0 Å². The first-order valence-corrected chi connectivity index (χ1v) is 8.43. The number of hydrogen-bond donors (Lipinski definition) is 2. The Labute approximate surface area is 158 Å². The molecule has 8 heteroatoms. The summed E-state index contributed by atoms with van der Waals surface area (Å²) in [5, 5.41) is 9.86. The van der Waals surface area contributed by atoms with Crippen molar-refractivity contribution in [3.63, 3.8) is 0 Å². The second kappa shape index (κ2) is 6.81. The maximum Gasteiger partial charge on any atom is 0.288 e. The monoisotopic (exact) mass is 370 g/mol. The number of hydrazine groups is 1. The molecule has 0 aliphatic carbocycles. The molecule has 0 atom stereocenters. The van der Waals surface area contributed by atoms with Gasteiger partial charge < -0.3 is 5.43 Å². The van der Waals surface area contributed by atoms with Gasteiger partial charge in [0.15, 0.2) is 5.65 Å². The average Bonchev–Trinajstić information content (AvgIpc) is 3.10. The molecule has 0 radical (unpaired) electrons. The van der Waals surface area contributed by atoms with Crippen LogP contribution in [-0.4, -0.2) is 20.3 Å². The fraction of sp³-hybridized carbons (Fsp3) is 0.0500. The van der Waals surface area contributed by atoms with Crippen molar-refractivity contribution in [2.24, 2.45) is 0 Å². The Morgan fingerprint density at radius 1 is 1.21 bits per heavy atom. The molecule has 0 bridgehead atoms. The summed E-state index contributed by atoms with van der Waals surface area (Å²) in [7, 11) is 0. The summed E-state index contributed by atoms with van der Waals surface area (Å²) in [6, 6.07) is 14.3. The molecule has 0 fully saturated rings. The summed E-state index contributed by atoms with van der Waals surface area (Å²) < 4.78 is 1.41. The molecule has 0 saturated heterocycles. The van der Waals surface area contributed by atoms with Crippen LogP contribution in [0.2, 0.25) is 0 Å². The zero-order valence-electron chi connectivity index (χ0n) is 14.8. The van der Waals surface area contributed by atoms with Crippen LogP contribution in [0.3, 0.4) is 0 Å². The van der Waals surface area contributed by atoms with E-state index in [4.69, 9.17) is 0 Å². The van der Waals surface area contributed by atoms with Gasteiger partial charge in [-0.05, 0) is 36.8 Å². The predicted octanol–water partition coefficient (Wildman–Crippen LogP) is 0.814. The van der Waals surface area contributed by atoms with E-state index in [0.717, 1.165) is 0 Å². The summed E-state index contributed by atoms with van der Waals surface area (Å²) in [5.41, 5.74) is 7.35. The summed E-state index contributed by atoms with van der Waals surface area (Å²) in [4.78, 5) is 33.5. The number of fused-ring (bicyclic) bond motifs is 3. The Bertz CT molecular complexity index is 1370. The molecule has 0 unspecified atom stereocenters. The number of hydrogen-bond acceptors (Lipinski definition) is 6. The van der Waals surface area contributed by atoms with Gasteiger partial charge in [0, 0.05) is 12.4 Å². The van der Waals surface area contributed by atoms with E-state index in [1.54, 1.807) is 43.3 Å². The van der Waals surface area contributed by atoms with E-state index in [-0.39, 0.29) is 16.5 Å². The molecule has 28 heavy (non-hydrogen) atoms. The molecule has 1 amide bonds. The zero-order chi connectivity index (χ0) is 19.7. The van der Waals surface area contributed by atoms with Crippen LogP contribution in [0.25, 0.3) is 22.9 Å². The third-order valence-electron chi connectivity index (χ3n) is 4.41. The Morgan fingerprint density at radius 3 is 2.75 bits per heavy atom. The third-order valence-corrected chi connectivity index (χ3v) is 4.41. The van der Waals surface area contributed by atoms with Crippen LogP contribution in [-0.2, 0) is 0 Å². The number of imidazole rings is 1. The summed E-state index contributed by atoms with van der Waals surface area (Å²) in [6.45, 7) is 1.67. The lowest BCUT2D eigenvalue weighted by atomic mass is 10.1. The van der Waals surface area contributed by atoms with Crippen molar-refractivity contribution in [3.05, 3.63) is 81.1 Å². The molecule has 2 N–H and O–H groups in total. The van der Waals surface area contributed by atoms with Gasteiger partial charge in [-0.2, -0.15) is 5.26 Å². The van der Waals surface area contributed by atoms with Crippen LogP contribution in [0, 0.1) is 18.3 Å². The van der Waals surface area contributed by atoms with Gasteiger partial charge in [-0.15, -0.1) is 0 Å². The first kappa shape index (κ1) is 17.2. The molecular weight excluding hydrogens is 356 g/mol. The number of carbonyl (C=O) groups excluding carboxylic acids is 1. The number of amides is 1. The molecule has 1 aromatic carbocycles. The Kier molecular flexibility index (Phi) is 4.18. The van der Waals surface area contributed by atoms with Gasteiger partial charge in [-0.1, -0.05) is 18.2 Å². The first-order valence-electron chi connectivity index (χ1n) is 8.43. The molecule has 0 saturated carbocycles. The number of para-hydroxylation sites is 2. The lowest BCUT2D eigenvalue weighted by Gasteiger charge is -2.05. The number of aromatic nitrogens is 3. The molecule has 4 aromatic rings.